The zero-order valence-corrected chi connectivity index (χ0v) is 41.9. The summed E-state index contributed by atoms with van der Waals surface area (Å²) >= 11 is 1.16. The quantitative estimate of drug-likeness (QED) is 0.0326. The summed E-state index contributed by atoms with van der Waals surface area (Å²) in [4.78, 5) is 88.4. The van der Waals surface area contributed by atoms with Gasteiger partial charge in [-0.3, -0.25) is 32.5 Å². The zero-order valence-electron chi connectivity index (χ0n) is 38.4. The second-order valence-electron chi connectivity index (χ2n) is 17.0. The topological polar surface area (TPSA) is 364 Å². The van der Waals surface area contributed by atoms with Crippen molar-refractivity contribution in [1.82, 2.24) is 30.2 Å². The van der Waals surface area contributed by atoms with E-state index in [1.165, 1.54) is 90.9 Å². The lowest BCUT2D eigenvalue weighted by Gasteiger charge is -2.30. The number of thioether (sulfide) groups is 1. The number of hydrogen-bond donors (Lipinski definition) is 9. The van der Waals surface area contributed by atoms with Crippen LogP contribution in [0.15, 0.2) is 12.7 Å². The number of aromatic nitrogens is 4. The van der Waals surface area contributed by atoms with Crippen LogP contribution in [0.25, 0.3) is 11.2 Å². The third-order valence-electron chi connectivity index (χ3n) is 10.7. The molecule has 2 aromatic rings. The number of nitrogen functional groups attached to an aromatic ring is 1. The number of ether oxygens (including phenoxy) is 1. The molecule has 384 valence electrons. The van der Waals surface area contributed by atoms with Gasteiger partial charge in [0.05, 0.1) is 19.5 Å². The molecule has 1 aliphatic heterocycles. The normalized spacial score (nSPS) is 20.1. The van der Waals surface area contributed by atoms with Gasteiger partial charge in [0.25, 0.3) is 0 Å². The molecule has 1 fully saturated rings. The highest BCUT2D eigenvalue weighted by molar-refractivity contribution is 8.13. The second-order valence-corrected chi connectivity index (χ2v) is 22.4. The maximum absolute atomic E-state index is 12.7. The molecular weight excluding hydrogens is 963 g/mol. The summed E-state index contributed by atoms with van der Waals surface area (Å²) in [6.07, 6.45) is 12.3. The van der Waals surface area contributed by atoms with E-state index < -0.39 is 84.6 Å². The van der Waals surface area contributed by atoms with Gasteiger partial charge in [-0.1, -0.05) is 122 Å². The SMILES string of the molecule is CCCCCCCCCCCCCCCCCC(=O)SCCNC(=O)CCNC(=O)C(O)C(C)(C)COP(=O)(O)OP(=O)(O)OC[C@H]1O[C@@H](n2cnc3c(N)ncnc32)C(O)[C@@H]1OP(=O)(O)O. The summed E-state index contributed by atoms with van der Waals surface area (Å²) in [5.41, 5.74) is 4.29. The molecule has 1 aliphatic rings. The maximum Gasteiger partial charge on any atom is 0.481 e. The number of hydrogen-bond acceptors (Lipinski definition) is 18. The molecule has 0 aromatic carbocycles. The molecule has 0 spiro atoms. The molecule has 28 heteroatoms. The molecule has 2 amide bonds. The fourth-order valence-corrected chi connectivity index (χ4v) is 10.6. The number of aliphatic hydroxyl groups excluding tert-OH is 2. The number of imidazole rings is 1. The lowest BCUT2D eigenvalue weighted by atomic mass is 9.87. The van der Waals surface area contributed by atoms with Gasteiger partial charge in [-0.15, -0.1) is 0 Å². The van der Waals surface area contributed by atoms with E-state index in [0.29, 0.717) is 12.2 Å². The van der Waals surface area contributed by atoms with Crippen molar-refractivity contribution < 1.29 is 80.5 Å². The monoisotopic (exact) mass is 1030 g/mol. The number of carbonyl (C=O) groups excluding carboxylic acids is 3. The summed E-state index contributed by atoms with van der Waals surface area (Å²) in [7, 11) is -16.4. The predicted molar refractivity (Wildman–Crippen MR) is 247 cm³/mol. The summed E-state index contributed by atoms with van der Waals surface area (Å²) in [6, 6.07) is 0. The lowest BCUT2D eigenvalue weighted by Crippen LogP contribution is -2.46. The molecule has 0 radical (unpaired) electrons. The van der Waals surface area contributed by atoms with Crippen LogP contribution in [0.1, 0.15) is 136 Å². The van der Waals surface area contributed by atoms with Crippen LogP contribution >= 0.6 is 35.2 Å². The van der Waals surface area contributed by atoms with E-state index in [4.69, 9.17) is 19.5 Å². The minimum absolute atomic E-state index is 0.0340. The minimum atomic E-state index is -5.57. The Labute approximate surface area is 395 Å². The average Bonchev–Trinajstić information content (AvgIpc) is 3.81. The lowest BCUT2D eigenvalue weighted by molar-refractivity contribution is -0.137. The van der Waals surface area contributed by atoms with Crippen molar-refractivity contribution in [3.63, 3.8) is 0 Å². The van der Waals surface area contributed by atoms with Crippen LogP contribution in [0, 0.1) is 5.41 Å². The number of carbonyl (C=O) groups is 3. The van der Waals surface area contributed by atoms with Crippen molar-refractivity contribution in [2.24, 2.45) is 5.41 Å². The van der Waals surface area contributed by atoms with E-state index in [9.17, 15) is 57.9 Å². The Bertz CT molecular complexity index is 2000. The van der Waals surface area contributed by atoms with Crippen LogP contribution in [-0.4, -0.2) is 123 Å². The highest BCUT2D eigenvalue weighted by atomic mass is 32.2. The van der Waals surface area contributed by atoms with E-state index >= 15 is 0 Å². The first kappa shape index (κ1) is 58.9. The number of phosphoric acid groups is 3. The first-order valence-electron chi connectivity index (χ1n) is 22.6. The largest absolute Gasteiger partial charge is 0.481 e. The minimum Gasteiger partial charge on any atom is -0.386 e. The van der Waals surface area contributed by atoms with Gasteiger partial charge in [0.15, 0.2) is 22.8 Å². The number of fused-ring (bicyclic) bond motifs is 1. The predicted octanol–water partition coefficient (Wildman–Crippen LogP) is 4.93. The summed E-state index contributed by atoms with van der Waals surface area (Å²) in [6.45, 7) is 2.82. The number of aliphatic hydroxyl groups is 2. The molecule has 24 nitrogen and oxygen atoms in total. The van der Waals surface area contributed by atoms with E-state index in [-0.39, 0.29) is 41.6 Å². The number of anilines is 1. The van der Waals surface area contributed by atoms with Gasteiger partial charge in [-0.05, 0) is 6.42 Å². The molecule has 3 heterocycles. The highest BCUT2D eigenvalue weighted by Gasteiger charge is 2.50. The summed E-state index contributed by atoms with van der Waals surface area (Å²) < 4.78 is 62.4. The van der Waals surface area contributed by atoms with Crippen molar-refractivity contribution in [2.75, 3.05) is 37.8 Å². The van der Waals surface area contributed by atoms with Gasteiger partial charge in [0, 0.05) is 37.1 Å². The number of unbranched alkanes of at least 4 members (excludes halogenated alkanes) is 14. The van der Waals surface area contributed by atoms with Crippen LogP contribution < -0.4 is 16.4 Å². The average molecular weight is 1030 g/mol. The standard InChI is InChI=1S/C39H70N7O17P3S/c1-4-5-6-7-8-9-10-11-12-13-14-15-16-17-18-19-30(48)67-23-22-41-29(47)20-21-42-37(51)34(50)39(2,3)25-60-66(57,58)63-65(55,56)59-24-28-33(62-64(52,53)54)32(49)38(61-28)46-27-45-31-35(40)43-26-44-36(31)46/h26-28,32-34,38,49-50H,4-25H2,1-3H3,(H,41,47)(H,42,51)(H,55,56)(H,57,58)(H2,40,43,44)(H2,52,53,54)/t28-,32?,33-,34?,38-/m1/s1. The fourth-order valence-electron chi connectivity index (χ4n) is 7.01. The van der Waals surface area contributed by atoms with Crippen LogP contribution in [-0.2, 0) is 50.7 Å². The molecule has 3 rings (SSSR count). The van der Waals surface area contributed by atoms with Crippen molar-refractivity contribution in [2.45, 2.75) is 161 Å². The van der Waals surface area contributed by atoms with Crippen LogP contribution in [0.4, 0.5) is 5.82 Å². The van der Waals surface area contributed by atoms with E-state index in [0.717, 1.165) is 48.2 Å². The van der Waals surface area contributed by atoms with E-state index in [1.807, 2.05) is 0 Å². The smallest absolute Gasteiger partial charge is 0.386 e. The van der Waals surface area contributed by atoms with Gasteiger partial charge in [-0.25, -0.2) is 28.6 Å². The third kappa shape index (κ3) is 22.0. The Hall–Kier alpha value is -2.44. The Morgan fingerprint density at radius 3 is 2.03 bits per heavy atom. The molecule has 1 saturated heterocycles. The molecular formula is C39H70N7O17P3S. The van der Waals surface area contributed by atoms with Gasteiger partial charge >= 0.3 is 23.5 Å². The van der Waals surface area contributed by atoms with Crippen molar-refractivity contribution >= 4 is 69.1 Å². The van der Waals surface area contributed by atoms with Crippen LogP contribution in [0.5, 0.6) is 0 Å². The van der Waals surface area contributed by atoms with E-state index in [2.05, 4.69) is 41.3 Å². The first-order valence-corrected chi connectivity index (χ1v) is 28.1. The number of phosphoric ester groups is 3. The third-order valence-corrected chi connectivity index (χ3v) is 14.8. The Kier molecular flexibility index (Phi) is 25.5. The van der Waals surface area contributed by atoms with E-state index in [1.54, 1.807) is 0 Å². The maximum atomic E-state index is 12.7. The van der Waals surface area contributed by atoms with Gasteiger partial charge in [-0.2, -0.15) is 4.31 Å². The van der Waals surface area contributed by atoms with Crippen LogP contribution in [0.2, 0.25) is 0 Å². The van der Waals surface area contributed by atoms with Crippen molar-refractivity contribution in [3.05, 3.63) is 12.7 Å². The van der Waals surface area contributed by atoms with Crippen molar-refractivity contribution in [3.8, 4) is 0 Å². The molecule has 0 bridgehead atoms. The molecule has 7 atom stereocenters. The summed E-state index contributed by atoms with van der Waals surface area (Å²) in [5.74, 6) is -1.02. The number of nitrogens with one attached hydrogen (secondary N) is 2. The number of rotatable bonds is 35. The second kappa shape index (κ2) is 29.0. The number of nitrogens with zero attached hydrogens (tertiary/aromatic N) is 4. The Morgan fingerprint density at radius 1 is 0.851 bits per heavy atom. The number of amides is 2. The van der Waals surface area contributed by atoms with Crippen LogP contribution in [0.3, 0.4) is 0 Å². The molecule has 67 heavy (non-hydrogen) atoms. The molecule has 4 unspecified atom stereocenters. The summed E-state index contributed by atoms with van der Waals surface area (Å²) in [5, 5.41) is 26.7. The highest BCUT2D eigenvalue weighted by Crippen LogP contribution is 2.61. The molecule has 0 aliphatic carbocycles. The van der Waals surface area contributed by atoms with Gasteiger partial charge < -0.3 is 50.9 Å². The first-order chi connectivity index (χ1) is 31.6. The van der Waals surface area contributed by atoms with Gasteiger partial charge in [0.2, 0.25) is 11.8 Å². The molecule has 2 aromatic heterocycles. The molecule has 10 N–H and O–H groups in total. The fraction of sp³-hybridized carbons (Fsp3) is 0.795. The zero-order chi connectivity index (χ0) is 49.7. The van der Waals surface area contributed by atoms with Gasteiger partial charge in [0.1, 0.15) is 36.3 Å². The van der Waals surface area contributed by atoms with Crippen molar-refractivity contribution in [1.29, 1.82) is 0 Å². The Balaban J connectivity index is 1.30. The Morgan fingerprint density at radius 2 is 1.43 bits per heavy atom. The number of nitrogens with two attached hydrogens (primary N) is 1. The molecule has 0 saturated carbocycles.